The molecule has 22 heavy (non-hydrogen) atoms. The fourth-order valence-electron chi connectivity index (χ4n) is 4.51. The second kappa shape index (κ2) is 6.56. The van der Waals surface area contributed by atoms with Crippen LogP contribution < -0.4 is 0 Å². The summed E-state index contributed by atoms with van der Waals surface area (Å²) in [6.45, 7) is 7.03. The van der Waals surface area contributed by atoms with E-state index in [9.17, 15) is 0 Å². The van der Waals surface area contributed by atoms with Gasteiger partial charge in [-0.05, 0) is 38.8 Å². The molecule has 3 aliphatic rings. The van der Waals surface area contributed by atoms with E-state index in [1.165, 1.54) is 70.3 Å². The maximum absolute atomic E-state index is 5.79. The zero-order chi connectivity index (χ0) is 15.7. The molecule has 4 heteroatoms. The fourth-order valence-corrected chi connectivity index (χ4v) is 4.72. The Bertz CT molecular complexity index is 445. The molecule has 0 unspecified atom stereocenters. The molecule has 0 bridgehead atoms. The summed E-state index contributed by atoms with van der Waals surface area (Å²) in [6.07, 6.45) is 10.6. The summed E-state index contributed by atoms with van der Waals surface area (Å²) in [5.74, 6) is 1.25. The van der Waals surface area contributed by atoms with E-state index < -0.39 is 0 Å². The Balaban J connectivity index is 1.89. The van der Waals surface area contributed by atoms with Gasteiger partial charge in [0.05, 0.1) is 17.1 Å². The lowest BCUT2D eigenvalue weighted by Gasteiger charge is -2.38. The van der Waals surface area contributed by atoms with E-state index in [0.29, 0.717) is 12.1 Å². The molecular formula is C18H31N3S. The average molecular weight is 322 g/mol. The molecule has 3 nitrogen and oxygen atoms in total. The lowest BCUT2D eigenvalue weighted by molar-refractivity contribution is 0.154. The molecule has 0 N–H and O–H groups in total. The zero-order valence-corrected chi connectivity index (χ0v) is 15.3. The molecule has 0 aromatic rings. The number of aliphatic imine (C=N–C) groups is 1. The van der Waals surface area contributed by atoms with Gasteiger partial charge in [-0.25, -0.2) is 0 Å². The Morgan fingerprint density at radius 3 is 2.23 bits per heavy atom. The lowest BCUT2D eigenvalue weighted by atomic mass is 9.85. The molecule has 1 aliphatic carbocycles. The number of rotatable bonds is 2. The third kappa shape index (κ3) is 2.96. The maximum Gasteiger partial charge on any atom is 0.122 e. The van der Waals surface area contributed by atoms with Gasteiger partial charge < -0.3 is 4.90 Å². The molecule has 3 fully saturated rings. The molecule has 2 saturated heterocycles. The highest BCUT2D eigenvalue weighted by atomic mass is 32.1. The van der Waals surface area contributed by atoms with Gasteiger partial charge in [0.2, 0.25) is 0 Å². The van der Waals surface area contributed by atoms with Crippen LogP contribution in [-0.2, 0) is 0 Å². The van der Waals surface area contributed by atoms with Crippen LogP contribution in [0.2, 0.25) is 0 Å². The van der Waals surface area contributed by atoms with Crippen molar-refractivity contribution in [2.45, 2.75) is 77.3 Å². The first-order chi connectivity index (χ1) is 10.5. The van der Waals surface area contributed by atoms with E-state index in [4.69, 9.17) is 17.2 Å². The SMILES string of the molecule is CN1C(=S)C(C)(C)[C@H](N2CCCCC2)C1=NC1CCCCC1. The first-order valence-corrected chi connectivity index (χ1v) is 9.52. The summed E-state index contributed by atoms with van der Waals surface area (Å²) < 4.78 is 0. The predicted molar refractivity (Wildman–Crippen MR) is 97.7 cm³/mol. The second-order valence-corrected chi connectivity index (χ2v) is 8.25. The van der Waals surface area contributed by atoms with Crippen molar-refractivity contribution in [2.75, 3.05) is 20.1 Å². The van der Waals surface area contributed by atoms with Crippen LogP contribution in [0.5, 0.6) is 0 Å². The molecule has 0 spiro atoms. The van der Waals surface area contributed by atoms with Gasteiger partial charge in [-0.1, -0.05) is 51.7 Å². The van der Waals surface area contributed by atoms with Gasteiger partial charge in [-0.2, -0.15) is 0 Å². The summed E-state index contributed by atoms with van der Waals surface area (Å²) in [5, 5.41) is 0. The van der Waals surface area contributed by atoms with Crippen molar-refractivity contribution in [3.63, 3.8) is 0 Å². The van der Waals surface area contributed by atoms with Gasteiger partial charge in [0, 0.05) is 12.5 Å². The minimum atomic E-state index is 0.0227. The normalized spacial score (nSPS) is 32.9. The molecule has 2 heterocycles. The topological polar surface area (TPSA) is 18.8 Å². The third-order valence-electron chi connectivity index (χ3n) is 5.77. The summed E-state index contributed by atoms with van der Waals surface area (Å²) in [4.78, 5) is 11.2. The van der Waals surface area contributed by atoms with Gasteiger partial charge in [0.15, 0.2) is 0 Å². The third-order valence-corrected chi connectivity index (χ3v) is 6.57. The highest BCUT2D eigenvalue weighted by Crippen LogP contribution is 2.38. The van der Waals surface area contributed by atoms with E-state index in [0.717, 1.165) is 4.99 Å². The van der Waals surface area contributed by atoms with Crippen LogP contribution in [0.15, 0.2) is 4.99 Å². The van der Waals surface area contributed by atoms with Crippen LogP contribution in [-0.4, -0.2) is 52.8 Å². The Morgan fingerprint density at radius 1 is 1.00 bits per heavy atom. The van der Waals surface area contributed by atoms with Crippen molar-refractivity contribution in [3.8, 4) is 0 Å². The van der Waals surface area contributed by atoms with Crippen molar-refractivity contribution in [1.82, 2.24) is 9.80 Å². The van der Waals surface area contributed by atoms with Crippen molar-refractivity contribution in [1.29, 1.82) is 0 Å². The number of nitrogens with zero attached hydrogens (tertiary/aromatic N) is 3. The standard InChI is InChI=1S/C18H31N3S/c1-18(2)15(21-12-8-5-9-13-21)16(20(3)17(18)22)19-14-10-6-4-7-11-14/h14-15H,4-13H2,1-3H3/t15-/m1/s1. The molecule has 0 amide bonds. The Kier molecular flexibility index (Phi) is 4.89. The van der Waals surface area contributed by atoms with Crippen LogP contribution in [0.1, 0.15) is 65.2 Å². The number of piperidine rings is 1. The molecule has 0 aromatic carbocycles. The van der Waals surface area contributed by atoms with Gasteiger partial charge >= 0.3 is 0 Å². The molecular weight excluding hydrogens is 290 g/mol. The van der Waals surface area contributed by atoms with Crippen molar-refractivity contribution in [3.05, 3.63) is 0 Å². The largest absolute Gasteiger partial charge is 0.326 e. The van der Waals surface area contributed by atoms with E-state index in [2.05, 4.69) is 30.7 Å². The van der Waals surface area contributed by atoms with Crippen LogP contribution >= 0.6 is 12.2 Å². The van der Waals surface area contributed by atoms with Gasteiger partial charge in [-0.15, -0.1) is 0 Å². The van der Waals surface area contributed by atoms with Gasteiger partial charge in [0.25, 0.3) is 0 Å². The number of thiocarbonyl (C=S) groups is 1. The Hall–Kier alpha value is -0.480. The quantitative estimate of drug-likeness (QED) is 0.720. The van der Waals surface area contributed by atoms with Crippen LogP contribution in [0.4, 0.5) is 0 Å². The number of hydrogen-bond acceptors (Lipinski definition) is 3. The first-order valence-electron chi connectivity index (χ1n) is 9.11. The van der Waals surface area contributed by atoms with E-state index in [-0.39, 0.29) is 5.41 Å². The number of likely N-dealkylation sites (N-methyl/N-ethyl adjacent to an activating group) is 1. The molecule has 124 valence electrons. The minimum Gasteiger partial charge on any atom is -0.326 e. The smallest absolute Gasteiger partial charge is 0.122 e. The van der Waals surface area contributed by atoms with E-state index in [1.54, 1.807) is 0 Å². The molecule has 0 aromatic heterocycles. The van der Waals surface area contributed by atoms with Gasteiger partial charge in [0.1, 0.15) is 5.84 Å². The molecule has 0 radical (unpaired) electrons. The van der Waals surface area contributed by atoms with Crippen LogP contribution in [0.3, 0.4) is 0 Å². The maximum atomic E-state index is 5.79. The molecule has 2 aliphatic heterocycles. The predicted octanol–water partition coefficient (Wildman–Crippen LogP) is 3.87. The Morgan fingerprint density at radius 2 is 1.59 bits per heavy atom. The zero-order valence-electron chi connectivity index (χ0n) is 14.5. The fraction of sp³-hybridized carbons (Fsp3) is 0.889. The number of hydrogen-bond donors (Lipinski definition) is 0. The summed E-state index contributed by atoms with van der Waals surface area (Å²) >= 11 is 5.79. The van der Waals surface area contributed by atoms with Crippen molar-refractivity contribution < 1.29 is 0 Å². The molecule has 1 atom stereocenters. The molecule has 3 rings (SSSR count). The summed E-state index contributed by atoms with van der Waals surface area (Å²) in [6, 6.07) is 0.905. The highest BCUT2D eigenvalue weighted by Gasteiger charge is 2.50. The van der Waals surface area contributed by atoms with E-state index >= 15 is 0 Å². The lowest BCUT2D eigenvalue weighted by Crippen LogP contribution is -2.50. The van der Waals surface area contributed by atoms with Gasteiger partial charge in [-0.3, -0.25) is 9.89 Å². The van der Waals surface area contributed by atoms with Crippen LogP contribution in [0, 0.1) is 5.41 Å². The molecule has 1 saturated carbocycles. The summed E-state index contributed by atoms with van der Waals surface area (Å²) in [5.41, 5.74) is 0.0227. The van der Waals surface area contributed by atoms with Crippen molar-refractivity contribution >= 4 is 23.0 Å². The summed E-state index contributed by atoms with van der Waals surface area (Å²) in [7, 11) is 2.13. The average Bonchev–Trinajstić information content (AvgIpc) is 2.70. The highest BCUT2D eigenvalue weighted by molar-refractivity contribution is 7.80. The minimum absolute atomic E-state index is 0.0227. The van der Waals surface area contributed by atoms with Crippen LogP contribution in [0.25, 0.3) is 0 Å². The van der Waals surface area contributed by atoms with E-state index in [1.807, 2.05) is 0 Å². The van der Waals surface area contributed by atoms with Crippen molar-refractivity contribution in [2.24, 2.45) is 10.4 Å². The monoisotopic (exact) mass is 321 g/mol. The Labute approximate surface area is 141 Å². The second-order valence-electron chi connectivity index (χ2n) is 7.86. The number of likely N-dealkylation sites (tertiary alicyclic amines) is 2. The first kappa shape index (κ1) is 16.4. The number of amidine groups is 1.